The van der Waals surface area contributed by atoms with E-state index in [0.29, 0.717) is 6.61 Å². The highest BCUT2D eigenvalue weighted by Crippen LogP contribution is 2.27. The summed E-state index contributed by atoms with van der Waals surface area (Å²) in [4.78, 5) is 27.3. The Kier molecular flexibility index (Phi) is 7.41. The highest BCUT2D eigenvalue weighted by Gasteiger charge is 2.21. The molecule has 0 unspecified atom stereocenters. The monoisotopic (exact) mass is 369 g/mol. The number of carbonyl (C=O) groups excluding carboxylic acids is 2. The van der Waals surface area contributed by atoms with Gasteiger partial charge >= 0.3 is 5.97 Å². The molecule has 0 amide bonds. The number of anilines is 1. The molecule has 2 aromatic carbocycles. The average Bonchev–Trinajstić information content (AvgIpc) is 2.69. The summed E-state index contributed by atoms with van der Waals surface area (Å²) in [7, 11) is 1.90. The fourth-order valence-corrected chi connectivity index (χ4v) is 2.73. The summed E-state index contributed by atoms with van der Waals surface area (Å²) in [6.45, 7) is 5.18. The van der Waals surface area contributed by atoms with Crippen molar-refractivity contribution in [1.82, 2.24) is 0 Å². The van der Waals surface area contributed by atoms with Crippen molar-refractivity contribution in [3.8, 4) is 5.75 Å². The van der Waals surface area contributed by atoms with Crippen LogP contribution in [0.15, 0.2) is 42.5 Å². The van der Waals surface area contributed by atoms with Crippen LogP contribution in [0.5, 0.6) is 5.75 Å². The molecule has 0 saturated carbocycles. The Bertz CT molecular complexity index is 801. The highest BCUT2D eigenvalue weighted by molar-refractivity contribution is 6.15. The van der Waals surface area contributed by atoms with Crippen LogP contribution >= 0.6 is 0 Å². The number of ketones is 1. The van der Waals surface area contributed by atoms with E-state index < -0.39 is 11.8 Å². The number of rotatable bonds is 9. The number of unbranched alkanes of at least 4 members (excludes halogenated alkanes) is 2. The Balaban J connectivity index is 2.25. The quantitative estimate of drug-likeness (QED) is 0.402. The summed E-state index contributed by atoms with van der Waals surface area (Å²) in [5.41, 5.74) is 1.42. The molecular formula is C22H27NO4. The molecule has 0 heterocycles. The van der Waals surface area contributed by atoms with Gasteiger partial charge in [-0.25, -0.2) is 4.79 Å². The first-order valence-corrected chi connectivity index (χ1v) is 9.34. The zero-order chi connectivity index (χ0) is 19.8. The van der Waals surface area contributed by atoms with Crippen molar-refractivity contribution >= 4 is 17.4 Å². The molecule has 0 bridgehead atoms. The maximum Gasteiger partial charge on any atom is 0.338 e. The second-order valence-electron chi connectivity index (χ2n) is 6.43. The maximum absolute atomic E-state index is 12.9. The summed E-state index contributed by atoms with van der Waals surface area (Å²) in [5.74, 6) is -1.03. The molecule has 0 aliphatic carbocycles. The van der Waals surface area contributed by atoms with Crippen molar-refractivity contribution in [3.05, 3.63) is 59.2 Å². The molecule has 5 nitrogen and oxygen atoms in total. The van der Waals surface area contributed by atoms with Crippen LogP contribution in [0.1, 0.15) is 59.4 Å². The molecule has 0 fully saturated rings. The largest absolute Gasteiger partial charge is 0.507 e. The zero-order valence-electron chi connectivity index (χ0n) is 16.2. The lowest BCUT2D eigenvalue weighted by molar-refractivity contribution is 0.0495. The lowest BCUT2D eigenvalue weighted by atomic mass is 9.97. The molecule has 2 aromatic rings. The van der Waals surface area contributed by atoms with E-state index in [4.69, 9.17) is 4.74 Å². The molecule has 0 aliphatic rings. The normalized spacial score (nSPS) is 10.5. The van der Waals surface area contributed by atoms with Crippen LogP contribution in [-0.2, 0) is 4.74 Å². The Morgan fingerprint density at radius 3 is 2.33 bits per heavy atom. The van der Waals surface area contributed by atoms with Crippen molar-refractivity contribution in [3.63, 3.8) is 0 Å². The molecule has 0 aliphatic heterocycles. The number of carbonyl (C=O) groups is 2. The number of nitrogens with zero attached hydrogens (tertiary/aromatic N) is 1. The summed E-state index contributed by atoms with van der Waals surface area (Å²) >= 11 is 0. The van der Waals surface area contributed by atoms with Crippen molar-refractivity contribution in [2.24, 2.45) is 0 Å². The van der Waals surface area contributed by atoms with E-state index in [1.165, 1.54) is 0 Å². The smallest absolute Gasteiger partial charge is 0.338 e. The van der Waals surface area contributed by atoms with Crippen molar-refractivity contribution in [2.45, 2.75) is 33.1 Å². The van der Waals surface area contributed by atoms with E-state index >= 15 is 0 Å². The van der Waals surface area contributed by atoms with Gasteiger partial charge in [0.25, 0.3) is 0 Å². The number of hydrogen-bond donors (Lipinski definition) is 1. The summed E-state index contributed by atoms with van der Waals surface area (Å²) < 4.78 is 5.29. The molecule has 0 aromatic heterocycles. The topological polar surface area (TPSA) is 66.8 Å². The Hall–Kier alpha value is -2.82. The summed E-state index contributed by atoms with van der Waals surface area (Å²) in [5, 5.41) is 10.3. The molecule has 144 valence electrons. The lowest BCUT2D eigenvalue weighted by Crippen LogP contribution is -2.16. The summed E-state index contributed by atoms with van der Waals surface area (Å²) in [6.07, 6.45) is 2.82. The Morgan fingerprint density at radius 1 is 1.00 bits per heavy atom. The number of aromatic hydroxyl groups is 1. The first-order chi connectivity index (χ1) is 13.0. The molecule has 27 heavy (non-hydrogen) atoms. The van der Waals surface area contributed by atoms with Crippen molar-refractivity contribution < 1.29 is 19.4 Å². The van der Waals surface area contributed by atoms with Gasteiger partial charge in [0.1, 0.15) is 5.75 Å². The molecule has 0 radical (unpaired) electrons. The number of ether oxygens (including phenoxy) is 1. The first kappa shape index (κ1) is 20.5. The standard InChI is InChI=1S/C22H27NO4/c1-4-6-9-14-27-22(26)18-11-8-7-10-17(18)21(25)19-13-12-16(15-20(19)24)23(3)5-2/h7-8,10-13,15,24H,4-6,9,14H2,1-3H3. The molecular weight excluding hydrogens is 342 g/mol. The van der Waals surface area contributed by atoms with Gasteiger partial charge in [-0.15, -0.1) is 0 Å². The second kappa shape index (κ2) is 9.76. The van der Waals surface area contributed by atoms with Gasteiger partial charge in [0, 0.05) is 30.9 Å². The zero-order valence-corrected chi connectivity index (χ0v) is 16.2. The van der Waals surface area contributed by atoms with E-state index in [0.717, 1.165) is 31.5 Å². The van der Waals surface area contributed by atoms with Crippen LogP contribution in [0.2, 0.25) is 0 Å². The minimum Gasteiger partial charge on any atom is -0.507 e. The SMILES string of the molecule is CCCCCOC(=O)c1ccccc1C(=O)c1ccc(N(C)CC)cc1O. The van der Waals surface area contributed by atoms with Gasteiger partial charge in [0.05, 0.1) is 17.7 Å². The van der Waals surface area contributed by atoms with Gasteiger partial charge in [-0.2, -0.15) is 0 Å². The Morgan fingerprint density at radius 2 is 1.70 bits per heavy atom. The van der Waals surface area contributed by atoms with Crippen LogP contribution in [0.3, 0.4) is 0 Å². The molecule has 5 heteroatoms. The van der Waals surface area contributed by atoms with E-state index in [9.17, 15) is 14.7 Å². The number of phenols is 1. The minimum absolute atomic E-state index is 0.107. The van der Waals surface area contributed by atoms with E-state index in [1.807, 2.05) is 18.9 Å². The summed E-state index contributed by atoms with van der Waals surface area (Å²) in [6, 6.07) is 11.5. The van der Waals surface area contributed by atoms with Gasteiger partial charge < -0.3 is 14.7 Å². The van der Waals surface area contributed by atoms with Crippen LogP contribution in [-0.4, -0.2) is 37.1 Å². The van der Waals surface area contributed by atoms with Crippen LogP contribution in [0, 0.1) is 0 Å². The minimum atomic E-state index is -0.517. The van der Waals surface area contributed by atoms with Crippen LogP contribution in [0.25, 0.3) is 0 Å². The molecule has 1 N–H and O–H groups in total. The van der Waals surface area contributed by atoms with Gasteiger partial charge in [-0.05, 0) is 31.5 Å². The molecule has 2 rings (SSSR count). The van der Waals surface area contributed by atoms with Gasteiger partial charge in [0.15, 0.2) is 5.78 Å². The van der Waals surface area contributed by atoms with E-state index in [2.05, 4.69) is 6.92 Å². The first-order valence-electron chi connectivity index (χ1n) is 9.34. The molecule has 0 saturated heterocycles. The maximum atomic E-state index is 12.9. The third kappa shape index (κ3) is 5.09. The average molecular weight is 369 g/mol. The third-order valence-corrected chi connectivity index (χ3v) is 4.51. The Labute approximate surface area is 160 Å². The molecule has 0 spiro atoms. The fourth-order valence-electron chi connectivity index (χ4n) is 2.73. The van der Waals surface area contributed by atoms with Gasteiger partial charge in [0.2, 0.25) is 0 Å². The van der Waals surface area contributed by atoms with Gasteiger partial charge in [-0.3, -0.25) is 4.79 Å². The van der Waals surface area contributed by atoms with Crippen molar-refractivity contribution in [1.29, 1.82) is 0 Å². The van der Waals surface area contributed by atoms with Crippen LogP contribution < -0.4 is 4.90 Å². The number of hydrogen-bond acceptors (Lipinski definition) is 5. The highest BCUT2D eigenvalue weighted by atomic mass is 16.5. The molecule has 0 atom stereocenters. The van der Waals surface area contributed by atoms with Crippen LogP contribution in [0.4, 0.5) is 5.69 Å². The predicted octanol–water partition coefficient (Wildman–Crippen LogP) is 4.43. The number of esters is 1. The third-order valence-electron chi connectivity index (χ3n) is 4.51. The van der Waals surface area contributed by atoms with Gasteiger partial charge in [-0.1, -0.05) is 38.0 Å². The second-order valence-corrected chi connectivity index (χ2v) is 6.43. The number of phenolic OH excluding ortho intramolecular Hbond substituents is 1. The van der Waals surface area contributed by atoms with Crippen molar-refractivity contribution in [2.75, 3.05) is 25.1 Å². The number of benzene rings is 2. The lowest BCUT2D eigenvalue weighted by Gasteiger charge is -2.17. The van der Waals surface area contributed by atoms with E-state index in [1.54, 1.807) is 42.5 Å². The fraction of sp³-hybridized carbons (Fsp3) is 0.364. The van der Waals surface area contributed by atoms with E-state index in [-0.39, 0.29) is 22.4 Å². The predicted molar refractivity (Wildman–Crippen MR) is 107 cm³/mol.